The van der Waals surface area contributed by atoms with E-state index in [-0.39, 0.29) is 16.2 Å². The predicted octanol–water partition coefficient (Wildman–Crippen LogP) is 3.82. The van der Waals surface area contributed by atoms with Crippen LogP contribution in [0.15, 0.2) is 40.6 Å². The zero-order chi connectivity index (χ0) is 15.6. The van der Waals surface area contributed by atoms with Gasteiger partial charge in [0, 0.05) is 15.6 Å². The van der Waals surface area contributed by atoms with Gasteiger partial charge in [-0.05, 0) is 31.2 Å². The Morgan fingerprint density at radius 2 is 1.90 bits per heavy atom. The first-order valence-electron chi connectivity index (χ1n) is 5.89. The van der Waals surface area contributed by atoms with Crippen LogP contribution in [0.25, 0.3) is 0 Å². The maximum Gasteiger partial charge on any atom is 0.270 e. The molecule has 1 aromatic heterocycles. The first-order valence-corrected chi connectivity index (χ1v) is 9.39. The van der Waals surface area contributed by atoms with Crippen molar-refractivity contribution < 1.29 is 13.2 Å². The van der Waals surface area contributed by atoms with Crippen LogP contribution in [-0.4, -0.2) is 14.3 Å². The molecule has 0 aliphatic carbocycles. The number of benzene rings is 1. The lowest BCUT2D eigenvalue weighted by molar-refractivity contribution is 0.0940. The summed E-state index contributed by atoms with van der Waals surface area (Å²) < 4.78 is 22.5. The van der Waals surface area contributed by atoms with Gasteiger partial charge < -0.3 is 5.32 Å². The van der Waals surface area contributed by atoms with Gasteiger partial charge in [-0.1, -0.05) is 23.7 Å². The molecule has 1 N–H and O–H groups in total. The summed E-state index contributed by atoms with van der Waals surface area (Å²) >= 11 is 6.98. The van der Waals surface area contributed by atoms with Crippen molar-refractivity contribution in [3.8, 4) is 0 Å². The average molecular weight is 364 g/mol. The second-order valence-corrected chi connectivity index (χ2v) is 8.58. The Kier molecular flexibility index (Phi) is 4.93. The minimum atomic E-state index is -3.75. The van der Waals surface area contributed by atoms with Crippen molar-refractivity contribution in [2.45, 2.75) is 17.2 Å². The first kappa shape index (κ1) is 16.3. The largest absolute Gasteiger partial charge is 0.345 e. The highest BCUT2D eigenvalue weighted by atomic mass is 35.7. The monoisotopic (exact) mass is 363 g/mol. The van der Waals surface area contributed by atoms with Crippen LogP contribution in [0.2, 0.25) is 5.02 Å². The topological polar surface area (TPSA) is 63.2 Å². The fourth-order valence-electron chi connectivity index (χ4n) is 1.69. The SMILES string of the molecule is CC(NC(=O)c1ccccc1Cl)c1ccc(S(=O)(=O)Cl)s1. The number of nitrogens with one attached hydrogen (secondary N) is 1. The van der Waals surface area contributed by atoms with Gasteiger partial charge in [-0.3, -0.25) is 4.79 Å². The number of thiophene rings is 1. The average Bonchev–Trinajstić information content (AvgIpc) is 2.88. The van der Waals surface area contributed by atoms with Crippen LogP contribution >= 0.6 is 33.6 Å². The van der Waals surface area contributed by atoms with Crippen LogP contribution in [-0.2, 0) is 9.05 Å². The maximum absolute atomic E-state index is 12.1. The van der Waals surface area contributed by atoms with Crippen molar-refractivity contribution in [3.05, 3.63) is 51.9 Å². The van der Waals surface area contributed by atoms with Gasteiger partial charge >= 0.3 is 0 Å². The molecule has 2 aromatic rings. The van der Waals surface area contributed by atoms with Crippen molar-refractivity contribution in [3.63, 3.8) is 0 Å². The zero-order valence-corrected chi connectivity index (χ0v) is 14.0. The second kappa shape index (κ2) is 6.36. The van der Waals surface area contributed by atoms with E-state index in [1.54, 1.807) is 37.3 Å². The van der Waals surface area contributed by atoms with E-state index in [0.29, 0.717) is 15.5 Å². The third kappa shape index (κ3) is 3.97. The van der Waals surface area contributed by atoms with Gasteiger partial charge in [0.1, 0.15) is 4.21 Å². The van der Waals surface area contributed by atoms with Crippen molar-refractivity contribution in [1.29, 1.82) is 0 Å². The third-order valence-electron chi connectivity index (χ3n) is 2.74. The first-order chi connectivity index (χ1) is 9.79. The van der Waals surface area contributed by atoms with Crippen LogP contribution in [0.1, 0.15) is 28.2 Å². The quantitative estimate of drug-likeness (QED) is 0.839. The lowest BCUT2D eigenvalue weighted by Crippen LogP contribution is -2.26. The smallest absolute Gasteiger partial charge is 0.270 e. The number of hydrogen-bond donors (Lipinski definition) is 1. The van der Waals surface area contributed by atoms with E-state index in [4.69, 9.17) is 22.3 Å². The van der Waals surface area contributed by atoms with E-state index in [1.807, 2.05) is 0 Å². The predicted molar refractivity (Wildman–Crippen MR) is 84.7 cm³/mol. The molecule has 1 aromatic carbocycles. The molecule has 1 amide bonds. The molecular formula is C13H11Cl2NO3S2. The van der Waals surface area contributed by atoms with Crippen LogP contribution in [0.5, 0.6) is 0 Å². The molecule has 0 saturated carbocycles. The number of carbonyl (C=O) groups is 1. The molecule has 1 heterocycles. The summed E-state index contributed by atoms with van der Waals surface area (Å²) in [6.45, 7) is 1.76. The maximum atomic E-state index is 12.1. The molecule has 8 heteroatoms. The summed E-state index contributed by atoms with van der Waals surface area (Å²) in [6, 6.07) is 9.38. The highest BCUT2D eigenvalue weighted by Crippen LogP contribution is 2.29. The van der Waals surface area contributed by atoms with E-state index in [2.05, 4.69) is 5.32 Å². The Balaban J connectivity index is 2.15. The summed E-state index contributed by atoms with van der Waals surface area (Å²) in [7, 11) is 1.53. The Hall–Kier alpha value is -1.08. The van der Waals surface area contributed by atoms with Crippen LogP contribution in [0.4, 0.5) is 0 Å². The Morgan fingerprint density at radius 3 is 2.48 bits per heavy atom. The van der Waals surface area contributed by atoms with E-state index in [1.165, 1.54) is 6.07 Å². The van der Waals surface area contributed by atoms with Crippen molar-refractivity contribution >= 4 is 48.6 Å². The summed E-state index contributed by atoms with van der Waals surface area (Å²) in [5, 5.41) is 3.13. The number of carbonyl (C=O) groups excluding carboxylic acids is 1. The standard InChI is InChI=1S/C13H11Cl2NO3S2/c1-8(11-6-7-12(20-11)21(15,18)19)16-13(17)9-4-2-3-5-10(9)14/h2-8H,1H3,(H,16,17). The zero-order valence-electron chi connectivity index (χ0n) is 10.8. The Morgan fingerprint density at radius 1 is 1.24 bits per heavy atom. The van der Waals surface area contributed by atoms with Gasteiger partial charge in [-0.25, -0.2) is 8.42 Å². The molecule has 0 radical (unpaired) electrons. The number of amides is 1. The summed E-state index contributed by atoms with van der Waals surface area (Å²) in [6.07, 6.45) is 0. The van der Waals surface area contributed by atoms with Crippen molar-refractivity contribution in [2.75, 3.05) is 0 Å². The molecule has 21 heavy (non-hydrogen) atoms. The van der Waals surface area contributed by atoms with Gasteiger partial charge in [0.25, 0.3) is 15.0 Å². The molecule has 0 bridgehead atoms. The van der Waals surface area contributed by atoms with Gasteiger partial charge in [-0.15, -0.1) is 11.3 Å². The molecule has 0 spiro atoms. The van der Waals surface area contributed by atoms with E-state index < -0.39 is 9.05 Å². The molecule has 112 valence electrons. The summed E-state index contributed by atoms with van der Waals surface area (Å²) in [5.74, 6) is -0.322. The fourth-order valence-corrected chi connectivity index (χ4v) is 4.01. The highest BCUT2D eigenvalue weighted by molar-refractivity contribution is 8.15. The Bertz CT molecular complexity index is 771. The molecule has 0 aliphatic rings. The number of halogens is 2. The van der Waals surface area contributed by atoms with Crippen LogP contribution < -0.4 is 5.32 Å². The van der Waals surface area contributed by atoms with E-state index in [9.17, 15) is 13.2 Å². The van der Waals surface area contributed by atoms with Crippen molar-refractivity contribution in [1.82, 2.24) is 5.32 Å². The summed E-state index contributed by atoms with van der Waals surface area (Å²) in [5.41, 5.74) is 0.368. The molecule has 1 atom stereocenters. The normalized spacial score (nSPS) is 12.9. The molecule has 0 fully saturated rings. The van der Waals surface area contributed by atoms with E-state index in [0.717, 1.165) is 11.3 Å². The minimum Gasteiger partial charge on any atom is -0.345 e. The highest BCUT2D eigenvalue weighted by Gasteiger charge is 2.18. The number of rotatable bonds is 4. The molecule has 2 rings (SSSR count). The molecular weight excluding hydrogens is 353 g/mol. The van der Waals surface area contributed by atoms with Gasteiger partial charge in [-0.2, -0.15) is 0 Å². The Labute approximate surface area is 136 Å². The van der Waals surface area contributed by atoms with Crippen LogP contribution in [0, 0.1) is 0 Å². The number of hydrogen-bond acceptors (Lipinski definition) is 4. The summed E-state index contributed by atoms with van der Waals surface area (Å²) in [4.78, 5) is 12.8. The van der Waals surface area contributed by atoms with Gasteiger partial charge in [0.2, 0.25) is 0 Å². The lowest BCUT2D eigenvalue weighted by atomic mass is 10.2. The molecule has 0 saturated heterocycles. The van der Waals surface area contributed by atoms with Crippen LogP contribution in [0.3, 0.4) is 0 Å². The van der Waals surface area contributed by atoms with E-state index >= 15 is 0 Å². The van der Waals surface area contributed by atoms with Crippen molar-refractivity contribution in [2.24, 2.45) is 0 Å². The molecule has 1 unspecified atom stereocenters. The lowest BCUT2D eigenvalue weighted by Gasteiger charge is -2.12. The fraction of sp³-hybridized carbons (Fsp3) is 0.154. The van der Waals surface area contributed by atoms with Gasteiger partial charge in [0.15, 0.2) is 0 Å². The molecule has 0 aliphatic heterocycles. The third-order valence-corrected chi connectivity index (χ3v) is 6.43. The minimum absolute atomic E-state index is 0.0537. The van der Waals surface area contributed by atoms with Gasteiger partial charge in [0.05, 0.1) is 16.6 Å². The second-order valence-electron chi connectivity index (χ2n) is 4.27. The molecule has 4 nitrogen and oxygen atoms in total.